The summed E-state index contributed by atoms with van der Waals surface area (Å²) in [7, 11) is 0. The molecule has 0 saturated heterocycles. The summed E-state index contributed by atoms with van der Waals surface area (Å²) in [4.78, 5) is 4.49. The highest BCUT2D eigenvalue weighted by Crippen LogP contribution is 2.40. The van der Waals surface area contributed by atoms with Gasteiger partial charge >= 0.3 is 0 Å². The third-order valence-electron chi connectivity index (χ3n) is 5.56. The van der Waals surface area contributed by atoms with Gasteiger partial charge in [0.05, 0.1) is 6.54 Å². The Morgan fingerprint density at radius 3 is 2.57 bits per heavy atom. The van der Waals surface area contributed by atoms with E-state index in [4.69, 9.17) is 0 Å². The predicted molar refractivity (Wildman–Crippen MR) is 89.2 cm³/mol. The zero-order chi connectivity index (χ0) is 15.3. The highest BCUT2D eigenvalue weighted by atomic mass is 15.1. The quantitative estimate of drug-likeness (QED) is 0.808. The molecule has 1 aromatic rings. The Hall–Kier alpha value is -0.830. The van der Waals surface area contributed by atoms with Crippen molar-refractivity contribution < 1.29 is 0 Å². The number of nitrogens with zero attached hydrogens (tertiary/aromatic N) is 2. The average molecular weight is 291 g/mol. The highest BCUT2D eigenvalue weighted by molar-refractivity contribution is 4.93. The predicted octanol–water partition coefficient (Wildman–Crippen LogP) is 4.38. The van der Waals surface area contributed by atoms with Crippen LogP contribution in [0.15, 0.2) is 12.4 Å². The van der Waals surface area contributed by atoms with Gasteiger partial charge in [0.2, 0.25) is 0 Å². The van der Waals surface area contributed by atoms with Crippen LogP contribution in [-0.4, -0.2) is 15.6 Å². The first kappa shape index (κ1) is 16.5. The fourth-order valence-electron chi connectivity index (χ4n) is 3.56. The van der Waals surface area contributed by atoms with Crippen molar-refractivity contribution in [1.29, 1.82) is 0 Å². The molecule has 0 aliphatic heterocycles. The number of nitrogens with one attached hydrogen (secondary N) is 1. The second-order valence-corrected chi connectivity index (χ2v) is 7.31. The van der Waals surface area contributed by atoms with E-state index in [1.54, 1.807) is 0 Å². The molecule has 1 aromatic heterocycles. The minimum Gasteiger partial charge on any atom is -0.334 e. The van der Waals surface area contributed by atoms with Gasteiger partial charge in [0, 0.05) is 25.0 Å². The SMILES string of the molecule is CCCn1ccnc1CNC1CCC(C(C)(C)CC)CC1. The van der Waals surface area contributed by atoms with Crippen LogP contribution in [0.5, 0.6) is 0 Å². The fourth-order valence-corrected chi connectivity index (χ4v) is 3.56. The molecule has 21 heavy (non-hydrogen) atoms. The lowest BCUT2D eigenvalue weighted by molar-refractivity contribution is 0.136. The maximum Gasteiger partial charge on any atom is 0.122 e. The van der Waals surface area contributed by atoms with Gasteiger partial charge in [-0.1, -0.05) is 34.1 Å². The van der Waals surface area contributed by atoms with Crippen LogP contribution in [0.1, 0.15) is 72.0 Å². The van der Waals surface area contributed by atoms with E-state index in [0.717, 1.165) is 19.0 Å². The highest BCUT2D eigenvalue weighted by Gasteiger charge is 2.31. The molecule has 1 saturated carbocycles. The van der Waals surface area contributed by atoms with Gasteiger partial charge in [-0.05, 0) is 43.4 Å². The number of hydrogen-bond donors (Lipinski definition) is 1. The first-order valence-corrected chi connectivity index (χ1v) is 8.80. The third-order valence-corrected chi connectivity index (χ3v) is 5.56. The summed E-state index contributed by atoms with van der Waals surface area (Å²) in [6.07, 6.45) is 11.9. The van der Waals surface area contributed by atoms with Crippen molar-refractivity contribution in [2.24, 2.45) is 11.3 Å². The van der Waals surface area contributed by atoms with Crippen LogP contribution in [0.3, 0.4) is 0 Å². The third kappa shape index (κ3) is 4.32. The second-order valence-electron chi connectivity index (χ2n) is 7.31. The standard InChI is InChI=1S/C18H33N3/c1-5-12-21-13-11-19-17(21)14-20-16-9-7-15(8-10-16)18(3,4)6-2/h11,13,15-16,20H,5-10,12,14H2,1-4H3. The van der Waals surface area contributed by atoms with Crippen molar-refractivity contribution in [1.82, 2.24) is 14.9 Å². The van der Waals surface area contributed by atoms with Crippen molar-refractivity contribution in [3.8, 4) is 0 Å². The van der Waals surface area contributed by atoms with Crippen molar-refractivity contribution in [2.45, 2.75) is 85.4 Å². The number of aromatic nitrogens is 2. The van der Waals surface area contributed by atoms with E-state index in [1.807, 2.05) is 6.20 Å². The lowest BCUT2D eigenvalue weighted by Gasteiger charge is -2.39. The molecule has 1 aliphatic rings. The molecule has 3 heteroatoms. The zero-order valence-electron chi connectivity index (χ0n) is 14.4. The number of aryl methyl sites for hydroxylation is 1. The van der Waals surface area contributed by atoms with Crippen LogP contribution in [0.2, 0.25) is 0 Å². The summed E-state index contributed by atoms with van der Waals surface area (Å²) in [6.45, 7) is 11.4. The van der Waals surface area contributed by atoms with Gasteiger partial charge in [0.15, 0.2) is 0 Å². The van der Waals surface area contributed by atoms with Gasteiger partial charge in [-0.15, -0.1) is 0 Å². The number of hydrogen-bond acceptors (Lipinski definition) is 2. The van der Waals surface area contributed by atoms with Crippen LogP contribution in [0, 0.1) is 11.3 Å². The maximum absolute atomic E-state index is 4.49. The van der Waals surface area contributed by atoms with E-state index in [-0.39, 0.29) is 0 Å². The Labute approximate surface area is 130 Å². The summed E-state index contributed by atoms with van der Waals surface area (Å²) in [6, 6.07) is 0.681. The Kier molecular flexibility index (Phi) is 5.86. The normalized spacial score (nSPS) is 23.4. The average Bonchev–Trinajstić information content (AvgIpc) is 2.93. The molecular formula is C18H33N3. The summed E-state index contributed by atoms with van der Waals surface area (Å²) >= 11 is 0. The minimum atomic E-state index is 0.516. The summed E-state index contributed by atoms with van der Waals surface area (Å²) < 4.78 is 2.28. The van der Waals surface area contributed by atoms with Gasteiger partial charge in [-0.25, -0.2) is 4.98 Å². The lowest BCUT2D eigenvalue weighted by Crippen LogP contribution is -2.37. The Bertz CT molecular complexity index is 414. The molecule has 1 fully saturated rings. The number of imidazole rings is 1. The van der Waals surface area contributed by atoms with E-state index in [2.05, 4.69) is 48.8 Å². The molecule has 0 bridgehead atoms. The monoisotopic (exact) mass is 291 g/mol. The topological polar surface area (TPSA) is 29.9 Å². The Morgan fingerprint density at radius 2 is 1.95 bits per heavy atom. The molecule has 120 valence electrons. The van der Waals surface area contributed by atoms with Crippen molar-refractivity contribution >= 4 is 0 Å². The van der Waals surface area contributed by atoms with Crippen LogP contribution >= 0.6 is 0 Å². The van der Waals surface area contributed by atoms with Crippen LogP contribution in [0.4, 0.5) is 0 Å². The van der Waals surface area contributed by atoms with E-state index in [1.165, 1.54) is 44.3 Å². The van der Waals surface area contributed by atoms with Gasteiger partial charge in [0.25, 0.3) is 0 Å². The molecule has 0 unspecified atom stereocenters. The molecule has 0 radical (unpaired) electrons. The van der Waals surface area contributed by atoms with Crippen molar-refractivity contribution in [3.05, 3.63) is 18.2 Å². The van der Waals surface area contributed by atoms with E-state index < -0.39 is 0 Å². The Balaban J connectivity index is 1.77. The molecule has 0 aromatic carbocycles. The fraction of sp³-hybridized carbons (Fsp3) is 0.833. The summed E-state index contributed by atoms with van der Waals surface area (Å²) in [5.74, 6) is 2.09. The van der Waals surface area contributed by atoms with Crippen LogP contribution < -0.4 is 5.32 Å². The number of rotatable bonds is 7. The van der Waals surface area contributed by atoms with Gasteiger partial charge in [0.1, 0.15) is 5.82 Å². The maximum atomic E-state index is 4.49. The molecule has 2 rings (SSSR count). The Morgan fingerprint density at radius 1 is 1.24 bits per heavy atom. The molecular weight excluding hydrogens is 258 g/mol. The van der Waals surface area contributed by atoms with Gasteiger partial charge in [-0.2, -0.15) is 0 Å². The first-order chi connectivity index (χ1) is 10.1. The van der Waals surface area contributed by atoms with E-state index >= 15 is 0 Å². The second kappa shape index (κ2) is 7.44. The van der Waals surface area contributed by atoms with Gasteiger partial charge < -0.3 is 9.88 Å². The molecule has 3 nitrogen and oxygen atoms in total. The largest absolute Gasteiger partial charge is 0.334 e. The smallest absolute Gasteiger partial charge is 0.122 e. The molecule has 0 amide bonds. The zero-order valence-corrected chi connectivity index (χ0v) is 14.4. The van der Waals surface area contributed by atoms with Crippen molar-refractivity contribution in [2.75, 3.05) is 0 Å². The van der Waals surface area contributed by atoms with E-state index in [9.17, 15) is 0 Å². The van der Waals surface area contributed by atoms with Crippen molar-refractivity contribution in [3.63, 3.8) is 0 Å². The van der Waals surface area contributed by atoms with Gasteiger partial charge in [-0.3, -0.25) is 0 Å². The first-order valence-electron chi connectivity index (χ1n) is 8.80. The summed E-state index contributed by atoms with van der Waals surface area (Å²) in [5.41, 5.74) is 0.516. The molecule has 0 atom stereocenters. The lowest BCUT2D eigenvalue weighted by atomic mass is 9.69. The van der Waals surface area contributed by atoms with Crippen LogP contribution in [0.25, 0.3) is 0 Å². The summed E-state index contributed by atoms with van der Waals surface area (Å²) in [5, 5.41) is 3.73. The molecule has 1 heterocycles. The minimum absolute atomic E-state index is 0.516. The molecule has 0 spiro atoms. The molecule has 1 N–H and O–H groups in total. The van der Waals surface area contributed by atoms with E-state index in [0.29, 0.717) is 11.5 Å². The molecule has 1 aliphatic carbocycles. The van der Waals surface area contributed by atoms with Crippen LogP contribution in [-0.2, 0) is 13.1 Å².